The average Bonchev–Trinajstić information content (AvgIpc) is 2.46. The number of fused-ring (bicyclic) bond motifs is 1. The second-order valence-electron chi connectivity index (χ2n) is 4.54. The van der Waals surface area contributed by atoms with Crippen molar-refractivity contribution < 1.29 is 9.53 Å². The van der Waals surface area contributed by atoms with Crippen LogP contribution in [-0.2, 0) is 10.2 Å². The van der Waals surface area contributed by atoms with Gasteiger partial charge in [0.1, 0.15) is 5.76 Å². The zero-order chi connectivity index (χ0) is 11.2. The fraction of sp³-hybridized carbons (Fsp3) is 0.364. The molecule has 0 saturated heterocycles. The Balaban J connectivity index is 2.48. The van der Waals surface area contributed by atoms with Gasteiger partial charge in [-0.15, -0.1) is 11.3 Å². The zero-order valence-electron chi connectivity index (χ0n) is 9.01. The van der Waals surface area contributed by atoms with Crippen LogP contribution in [0, 0.1) is 0 Å². The van der Waals surface area contributed by atoms with Crippen molar-refractivity contribution >= 4 is 28.9 Å². The Kier molecular flexibility index (Phi) is 2.12. The Morgan fingerprint density at radius 1 is 1.47 bits per heavy atom. The number of hydrogen-bond donors (Lipinski definition) is 1. The molecule has 1 aromatic heterocycles. The smallest absolute Gasteiger partial charge is 0.409 e. The summed E-state index contributed by atoms with van der Waals surface area (Å²) in [5, 5.41) is 2.67. The number of anilines is 1. The maximum Gasteiger partial charge on any atom is 0.417 e. The third-order valence-corrected chi connectivity index (χ3v) is 3.78. The third kappa shape index (κ3) is 1.77. The molecule has 1 aliphatic rings. The van der Waals surface area contributed by atoms with Crippen molar-refractivity contribution in [3.8, 4) is 0 Å². The topological polar surface area (TPSA) is 38.3 Å². The molecule has 0 bridgehead atoms. The van der Waals surface area contributed by atoms with Crippen LogP contribution in [-0.4, -0.2) is 6.09 Å². The maximum absolute atomic E-state index is 11.1. The van der Waals surface area contributed by atoms with Gasteiger partial charge >= 0.3 is 6.09 Å². The monoisotopic (exact) mass is 223 g/mol. The lowest BCUT2D eigenvalue weighted by molar-refractivity contribution is 0.206. The summed E-state index contributed by atoms with van der Waals surface area (Å²) >= 11 is 1.61. The normalized spacial score (nSPS) is 15.7. The quantitative estimate of drug-likeness (QED) is 0.730. The highest BCUT2D eigenvalue weighted by Gasteiger charge is 2.26. The molecular weight excluding hydrogens is 210 g/mol. The lowest BCUT2D eigenvalue weighted by Gasteiger charge is -2.15. The summed E-state index contributed by atoms with van der Waals surface area (Å²) in [6.45, 7) is 10.1. The van der Waals surface area contributed by atoms with Crippen molar-refractivity contribution in [2.24, 2.45) is 0 Å². The molecule has 1 aromatic rings. The average molecular weight is 223 g/mol. The molecule has 80 valence electrons. The molecule has 0 fully saturated rings. The molecule has 0 aromatic carbocycles. The van der Waals surface area contributed by atoms with Crippen LogP contribution >= 0.6 is 11.3 Å². The van der Waals surface area contributed by atoms with Gasteiger partial charge in [0.25, 0.3) is 0 Å². The molecule has 2 heterocycles. The summed E-state index contributed by atoms with van der Waals surface area (Å²) in [5.74, 6) is 0.439. The highest BCUT2D eigenvalue weighted by atomic mass is 32.1. The lowest BCUT2D eigenvalue weighted by Crippen LogP contribution is -2.17. The molecule has 0 saturated carbocycles. The molecule has 15 heavy (non-hydrogen) atoms. The van der Waals surface area contributed by atoms with Crippen LogP contribution in [0.2, 0.25) is 0 Å². The molecule has 3 nitrogen and oxygen atoms in total. The Morgan fingerprint density at radius 3 is 2.73 bits per heavy atom. The number of thiophene rings is 1. The molecule has 2 rings (SSSR count). The molecule has 0 aliphatic carbocycles. The first-order valence-corrected chi connectivity index (χ1v) is 5.52. The minimum atomic E-state index is -0.453. The number of ether oxygens (including phenoxy) is 1. The first kappa shape index (κ1) is 10.2. The third-order valence-electron chi connectivity index (χ3n) is 2.18. The van der Waals surface area contributed by atoms with Crippen molar-refractivity contribution in [3.63, 3.8) is 0 Å². The second kappa shape index (κ2) is 3.10. The summed E-state index contributed by atoms with van der Waals surface area (Å²) in [6, 6.07) is 1.99. The first-order chi connectivity index (χ1) is 6.88. The number of hydrogen-bond acceptors (Lipinski definition) is 3. The van der Waals surface area contributed by atoms with Gasteiger partial charge in [0.15, 0.2) is 0 Å². The summed E-state index contributed by atoms with van der Waals surface area (Å²) < 4.78 is 4.90. The molecular formula is C11H13NO2S. The standard InChI is InChI=1S/C11H13NO2S/c1-6-9-7(12-10(13)14-6)5-8(15-9)11(2,3)4/h5H,1H2,2-4H3,(H,12,13). The van der Waals surface area contributed by atoms with E-state index in [1.807, 2.05) is 6.07 Å². The van der Waals surface area contributed by atoms with E-state index in [0.717, 1.165) is 10.6 Å². The molecule has 0 spiro atoms. The van der Waals surface area contributed by atoms with Crippen LogP contribution in [0.25, 0.3) is 5.76 Å². The second-order valence-corrected chi connectivity index (χ2v) is 5.59. The molecule has 4 heteroatoms. The van der Waals surface area contributed by atoms with Gasteiger partial charge in [-0.2, -0.15) is 0 Å². The van der Waals surface area contributed by atoms with Crippen LogP contribution in [0.5, 0.6) is 0 Å². The van der Waals surface area contributed by atoms with Gasteiger partial charge in [0.2, 0.25) is 0 Å². The van der Waals surface area contributed by atoms with E-state index in [1.54, 1.807) is 11.3 Å². The van der Waals surface area contributed by atoms with E-state index in [9.17, 15) is 4.79 Å². The van der Waals surface area contributed by atoms with E-state index < -0.39 is 6.09 Å². The van der Waals surface area contributed by atoms with Crippen molar-refractivity contribution in [3.05, 3.63) is 22.4 Å². The number of carbonyl (C=O) groups is 1. The Bertz CT molecular complexity index is 440. The van der Waals surface area contributed by atoms with Gasteiger partial charge in [-0.25, -0.2) is 4.79 Å². The maximum atomic E-state index is 11.1. The highest BCUT2D eigenvalue weighted by Crippen LogP contribution is 2.40. The first-order valence-electron chi connectivity index (χ1n) is 4.70. The summed E-state index contributed by atoms with van der Waals surface area (Å²) in [5.41, 5.74) is 0.888. The van der Waals surface area contributed by atoms with Gasteiger partial charge in [0, 0.05) is 4.88 Å². The lowest BCUT2D eigenvalue weighted by atomic mass is 9.94. The molecule has 0 atom stereocenters. The van der Waals surface area contributed by atoms with E-state index in [1.165, 1.54) is 4.88 Å². The predicted molar refractivity (Wildman–Crippen MR) is 62.2 cm³/mol. The van der Waals surface area contributed by atoms with E-state index in [4.69, 9.17) is 4.74 Å². The van der Waals surface area contributed by atoms with E-state index in [-0.39, 0.29) is 5.41 Å². The molecule has 1 aliphatic heterocycles. The van der Waals surface area contributed by atoms with Gasteiger partial charge in [-0.1, -0.05) is 27.4 Å². The Hall–Kier alpha value is -1.29. The van der Waals surface area contributed by atoms with Crippen LogP contribution in [0.1, 0.15) is 30.5 Å². The van der Waals surface area contributed by atoms with Crippen molar-refractivity contribution in [2.75, 3.05) is 5.32 Å². The van der Waals surface area contributed by atoms with Gasteiger partial charge in [-0.05, 0) is 11.5 Å². The van der Waals surface area contributed by atoms with Crippen LogP contribution < -0.4 is 5.32 Å². The number of nitrogens with one attached hydrogen (secondary N) is 1. The van der Waals surface area contributed by atoms with Crippen LogP contribution in [0.15, 0.2) is 12.6 Å². The molecule has 0 unspecified atom stereocenters. The molecule has 0 radical (unpaired) electrons. The Labute approximate surface area is 92.8 Å². The van der Waals surface area contributed by atoms with Gasteiger partial charge in [0.05, 0.1) is 10.6 Å². The fourth-order valence-electron chi connectivity index (χ4n) is 1.35. The minimum absolute atomic E-state index is 0.0764. The summed E-state index contributed by atoms with van der Waals surface area (Å²) in [7, 11) is 0. The highest BCUT2D eigenvalue weighted by molar-refractivity contribution is 7.13. The van der Waals surface area contributed by atoms with Crippen LogP contribution in [0.4, 0.5) is 10.5 Å². The van der Waals surface area contributed by atoms with Crippen molar-refractivity contribution in [1.29, 1.82) is 0 Å². The van der Waals surface area contributed by atoms with Crippen molar-refractivity contribution in [1.82, 2.24) is 0 Å². The summed E-state index contributed by atoms with van der Waals surface area (Å²) in [6.07, 6.45) is -0.453. The largest absolute Gasteiger partial charge is 0.417 e. The van der Waals surface area contributed by atoms with Crippen molar-refractivity contribution in [2.45, 2.75) is 26.2 Å². The number of cyclic esters (lactones) is 1. The molecule has 1 amide bonds. The van der Waals surface area contributed by atoms with Gasteiger partial charge in [-0.3, -0.25) is 5.32 Å². The number of rotatable bonds is 0. The molecule has 1 N–H and O–H groups in total. The minimum Gasteiger partial charge on any atom is -0.409 e. The summed E-state index contributed by atoms with van der Waals surface area (Å²) in [4.78, 5) is 13.2. The zero-order valence-corrected chi connectivity index (χ0v) is 9.83. The van der Waals surface area contributed by atoms with E-state index in [0.29, 0.717) is 5.76 Å². The number of amides is 1. The Morgan fingerprint density at radius 2 is 2.13 bits per heavy atom. The fourth-order valence-corrected chi connectivity index (χ4v) is 2.43. The SMILES string of the molecule is C=C1OC(=O)Nc2cc(C(C)(C)C)sc21. The van der Waals surface area contributed by atoms with Crippen LogP contribution in [0.3, 0.4) is 0 Å². The predicted octanol–water partition coefficient (Wildman–Crippen LogP) is 3.58. The van der Waals surface area contributed by atoms with E-state index in [2.05, 4.69) is 32.7 Å². The number of carbonyl (C=O) groups excluding carboxylic acids is 1. The van der Waals surface area contributed by atoms with E-state index >= 15 is 0 Å². The van der Waals surface area contributed by atoms with Gasteiger partial charge < -0.3 is 4.74 Å².